The number of nitrogens with one attached hydrogen (secondary N) is 1. The molecule has 0 radical (unpaired) electrons. The summed E-state index contributed by atoms with van der Waals surface area (Å²) in [5.41, 5.74) is 6.23. The van der Waals surface area contributed by atoms with Crippen LogP contribution in [0.3, 0.4) is 0 Å². The van der Waals surface area contributed by atoms with Gasteiger partial charge in [0.25, 0.3) is 0 Å². The Bertz CT molecular complexity index is 2300. The molecule has 2 aliphatic heterocycles. The average molecular weight is 756 g/mol. The summed E-state index contributed by atoms with van der Waals surface area (Å²) in [6, 6.07) is 14.3. The standard InChI is InChI=1S/C38H36Cl2N8O5/c1-2-38(50)48-28(20-52-22-32(48)26-12-30(44-34(40)14-26)23-3-7-46-9-6-41-35(46)15-23)5-10-53-37-17-47-8-4-24(16-36(47)45-37)29-11-25(13-33(39)43-29)31-21-51-19-27(18-49)42-31/h2-4,6-9,11-17,27-28,31-32,42,49H,1,5,10,18-22H2/t27-,28-,31+,32+/m1/s1. The number of aromatic nitrogens is 6. The zero-order valence-electron chi connectivity index (χ0n) is 28.5. The number of carbonyl (C=O) groups is 1. The van der Waals surface area contributed by atoms with Gasteiger partial charge in [0.1, 0.15) is 21.6 Å². The van der Waals surface area contributed by atoms with E-state index in [1.54, 1.807) is 17.2 Å². The van der Waals surface area contributed by atoms with Crippen LogP contribution in [0, 0.1) is 0 Å². The number of pyridine rings is 4. The van der Waals surface area contributed by atoms with E-state index in [1.165, 1.54) is 6.08 Å². The van der Waals surface area contributed by atoms with Crippen molar-refractivity contribution in [3.05, 3.63) is 114 Å². The molecule has 0 aliphatic carbocycles. The second-order valence-electron chi connectivity index (χ2n) is 13.0. The Morgan fingerprint density at radius 3 is 2.40 bits per heavy atom. The van der Waals surface area contributed by atoms with E-state index < -0.39 is 6.04 Å². The molecule has 1 amide bonds. The predicted molar refractivity (Wildman–Crippen MR) is 199 cm³/mol. The van der Waals surface area contributed by atoms with E-state index in [2.05, 4.69) is 26.8 Å². The molecule has 6 aromatic rings. The number of imidazole rings is 2. The first-order valence-electron chi connectivity index (χ1n) is 17.2. The van der Waals surface area contributed by atoms with E-state index in [4.69, 9.17) is 42.4 Å². The molecule has 0 spiro atoms. The van der Waals surface area contributed by atoms with Gasteiger partial charge in [0.2, 0.25) is 11.8 Å². The van der Waals surface area contributed by atoms with Crippen LogP contribution in [-0.2, 0) is 14.3 Å². The quantitative estimate of drug-likeness (QED) is 0.139. The molecule has 0 unspecified atom stereocenters. The molecule has 2 saturated heterocycles. The van der Waals surface area contributed by atoms with Crippen molar-refractivity contribution in [1.29, 1.82) is 0 Å². The Kier molecular flexibility index (Phi) is 10.1. The van der Waals surface area contributed by atoms with Crippen LogP contribution in [0.4, 0.5) is 0 Å². The summed E-state index contributed by atoms with van der Waals surface area (Å²) in [4.78, 5) is 33.4. The molecule has 2 fully saturated rings. The molecule has 8 rings (SSSR count). The lowest BCUT2D eigenvalue weighted by atomic mass is 9.99. The van der Waals surface area contributed by atoms with Crippen LogP contribution in [0.2, 0.25) is 10.3 Å². The van der Waals surface area contributed by atoms with Gasteiger partial charge in [0.15, 0.2) is 0 Å². The highest BCUT2D eigenvalue weighted by molar-refractivity contribution is 6.29. The van der Waals surface area contributed by atoms with Gasteiger partial charge >= 0.3 is 0 Å². The minimum absolute atomic E-state index is 0.0170. The maximum Gasteiger partial charge on any atom is 0.246 e. The van der Waals surface area contributed by atoms with E-state index in [0.29, 0.717) is 66.1 Å². The molecule has 0 aromatic carbocycles. The number of aliphatic hydroxyl groups is 1. The molecule has 2 N–H and O–H groups in total. The topological polar surface area (TPSA) is 141 Å². The fraction of sp³-hybridized carbons (Fsp3) is 0.289. The van der Waals surface area contributed by atoms with E-state index in [9.17, 15) is 9.90 Å². The van der Waals surface area contributed by atoms with Crippen LogP contribution in [-0.4, -0.2) is 96.4 Å². The number of hydrogen-bond donors (Lipinski definition) is 2. The monoisotopic (exact) mass is 754 g/mol. The fourth-order valence-electron chi connectivity index (χ4n) is 6.94. The summed E-state index contributed by atoms with van der Waals surface area (Å²) in [5.74, 6) is 0.227. The maximum absolute atomic E-state index is 13.4. The van der Waals surface area contributed by atoms with E-state index in [0.717, 1.165) is 27.9 Å². The molecule has 8 heterocycles. The SMILES string of the molecule is C=CC(=O)N1[C@H](CCOc2cn3ccc(-c4cc([C@@H]5COC[C@@H](CO)N5)cc(Cl)n4)cc3n2)COC[C@H]1c1cc(Cl)nc(-c2ccn3ccnc3c2)c1. The Hall–Kier alpha value is -4.89. The fourth-order valence-corrected chi connectivity index (χ4v) is 7.37. The third-order valence-corrected chi connectivity index (χ3v) is 9.94. The molecule has 53 heavy (non-hydrogen) atoms. The zero-order chi connectivity index (χ0) is 36.5. The number of hydrogen-bond acceptors (Lipinski definition) is 10. The Labute approximate surface area is 314 Å². The van der Waals surface area contributed by atoms with Gasteiger partial charge in [0.05, 0.1) is 81.4 Å². The predicted octanol–water partition coefficient (Wildman–Crippen LogP) is 5.36. The number of nitrogens with zero attached hydrogens (tertiary/aromatic N) is 7. The number of morpholine rings is 2. The Balaban J connectivity index is 0.970. The van der Waals surface area contributed by atoms with Crippen LogP contribution in [0.5, 0.6) is 5.88 Å². The van der Waals surface area contributed by atoms with Gasteiger partial charge in [-0.05, 0) is 65.7 Å². The number of halogens is 2. The number of amides is 1. The minimum Gasteiger partial charge on any atom is -0.476 e. The molecule has 0 saturated carbocycles. The lowest BCUT2D eigenvalue weighted by Crippen LogP contribution is -2.50. The number of rotatable bonds is 10. The second kappa shape index (κ2) is 15.2. The average Bonchev–Trinajstić information content (AvgIpc) is 3.83. The molecule has 13 nitrogen and oxygen atoms in total. The number of ether oxygens (including phenoxy) is 3. The molecule has 15 heteroatoms. The lowest BCUT2D eigenvalue weighted by Gasteiger charge is -2.42. The van der Waals surface area contributed by atoms with Crippen LogP contribution >= 0.6 is 23.2 Å². The van der Waals surface area contributed by atoms with Crippen molar-refractivity contribution in [1.82, 2.24) is 39.0 Å². The number of carbonyl (C=O) groups excluding carboxylic acids is 1. The van der Waals surface area contributed by atoms with Gasteiger partial charge in [-0.3, -0.25) is 4.79 Å². The van der Waals surface area contributed by atoms with Crippen molar-refractivity contribution in [2.45, 2.75) is 30.6 Å². The van der Waals surface area contributed by atoms with E-state index >= 15 is 0 Å². The van der Waals surface area contributed by atoms with Gasteiger partial charge in [0, 0.05) is 42.3 Å². The van der Waals surface area contributed by atoms with Crippen molar-refractivity contribution in [2.24, 2.45) is 0 Å². The third kappa shape index (κ3) is 7.49. The summed E-state index contributed by atoms with van der Waals surface area (Å²) in [5, 5.41) is 13.7. The van der Waals surface area contributed by atoms with Crippen LogP contribution < -0.4 is 10.1 Å². The van der Waals surface area contributed by atoms with Gasteiger partial charge in [-0.1, -0.05) is 29.8 Å². The molecule has 0 bridgehead atoms. The van der Waals surface area contributed by atoms with Gasteiger partial charge in [-0.25, -0.2) is 15.0 Å². The molecule has 2 aliphatic rings. The maximum atomic E-state index is 13.4. The van der Waals surface area contributed by atoms with Crippen molar-refractivity contribution in [3.63, 3.8) is 0 Å². The molecule has 6 aromatic heterocycles. The zero-order valence-corrected chi connectivity index (χ0v) is 30.0. The van der Waals surface area contributed by atoms with Crippen LogP contribution in [0.1, 0.15) is 29.6 Å². The van der Waals surface area contributed by atoms with Crippen molar-refractivity contribution in [3.8, 4) is 28.4 Å². The third-order valence-electron chi connectivity index (χ3n) is 9.55. The highest BCUT2D eigenvalue weighted by Gasteiger charge is 2.35. The van der Waals surface area contributed by atoms with E-state index in [1.807, 2.05) is 76.1 Å². The van der Waals surface area contributed by atoms with Crippen molar-refractivity contribution < 1.29 is 24.1 Å². The van der Waals surface area contributed by atoms with Crippen LogP contribution in [0.15, 0.2) is 92.2 Å². The second-order valence-corrected chi connectivity index (χ2v) is 13.8. The van der Waals surface area contributed by atoms with Gasteiger partial charge in [-0.15, -0.1) is 0 Å². The van der Waals surface area contributed by atoms with Crippen molar-refractivity contribution in [2.75, 3.05) is 39.6 Å². The van der Waals surface area contributed by atoms with E-state index in [-0.39, 0.29) is 37.2 Å². The minimum atomic E-state index is -0.416. The number of fused-ring (bicyclic) bond motifs is 2. The summed E-state index contributed by atoms with van der Waals surface area (Å²) in [6.45, 7) is 5.59. The van der Waals surface area contributed by atoms with Crippen molar-refractivity contribution >= 4 is 40.4 Å². The summed E-state index contributed by atoms with van der Waals surface area (Å²) < 4.78 is 21.7. The Morgan fingerprint density at radius 1 is 0.906 bits per heavy atom. The Morgan fingerprint density at radius 2 is 1.62 bits per heavy atom. The highest BCUT2D eigenvalue weighted by atomic mass is 35.5. The summed E-state index contributed by atoms with van der Waals surface area (Å²) >= 11 is 13.0. The molecule has 4 atom stereocenters. The summed E-state index contributed by atoms with van der Waals surface area (Å²) in [7, 11) is 0. The molecular formula is C38H36Cl2N8O5. The normalized spacial score (nSPS) is 20.5. The van der Waals surface area contributed by atoms with Gasteiger partial charge < -0.3 is 38.3 Å². The first-order valence-corrected chi connectivity index (χ1v) is 18.0. The highest BCUT2D eigenvalue weighted by Crippen LogP contribution is 2.33. The number of aliphatic hydroxyl groups excluding tert-OH is 1. The first kappa shape index (κ1) is 35.2. The largest absolute Gasteiger partial charge is 0.476 e. The first-order chi connectivity index (χ1) is 25.8. The summed E-state index contributed by atoms with van der Waals surface area (Å²) in [6.07, 6.45) is 11.0. The lowest BCUT2D eigenvalue weighted by molar-refractivity contribution is -0.141. The molecular weight excluding hydrogens is 719 g/mol. The smallest absolute Gasteiger partial charge is 0.246 e. The van der Waals surface area contributed by atoms with Crippen LogP contribution in [0.25, 0.3) is 33.8 Å². The van der Waals surface area contributed by atoms with Gasteiger partial charge in [-0.2, -0.15) is 4.98 Å². The molecule has 272 valence electrons.